The van der Waals surface area contributed by atoms with Crippen molar-refractivity contribution in [3.05, 3.63) is 60.2 Å². The van der Waals surface area contributed by atoms with Gasteiger partial charge in [0.2, 0.25) is 0 Å². The van der Waals surface area contributed by atoms with E-state index in [0.29, 0.717) is 0 Å². The molecule has 0 saturated carbocycles. The van der Waals surface area contributed by atoms with Crippen LogP contribution < -0.4 is 5.32 Å². The van der Waals surface area contributed by atoms with Crippen molar-refractivity contribution in [2.75, 3.05) is 12.4 Å². The number of thioether (sulfide) groups is 1. The number of para-hydroxylation sites is 2. The average Bonchev–Trinajstić information content (AvgIpc) is 3.09. The zero-order valence-corrected chi connectivity index (χ0v) is 17.4. The second-order valence-electron chi connectivity index (χ2n) is 6.68. The normalized spacial score (nSPS) is 11.9. The van der Waals surface area contributed by atoms with Crippen LogP contribution in [0.2, 0.25) is 0 Å². The van der Waals surface area contributed by atoms with Gasteiger partial charge in [0.15, 0.2) is 11.8 Å². The molecule has 0 aliphatic rings. The van der Waals surface area contributed by atoms with Gasteiger partial charge in [-0.15, -0.1) is 0 Å². The molecule has 0 saturated heterocycles. The zero-order chi connectivity index (χ0) is 20.6. The second-order valence-corrected chi connectivity index (χ2v) is 7.63. The molecule has 0 bridgehead atoms. The molecule has 0 aliphatic heterocycles. The fraction of sp³-hybridized carbons (Fsp3) is 0.318. The fourth-order valence-corrected chi connectivity index (χ4v) is 3.86. The fourth-order valence-electron chi connectivity index (χ4n) is 3.02. The Bertz CT molecular complexity index is 972. The Labute approximate surface area is 174 Å². The lowest BCUT2D eigenvalue weighted by molar-refractivity contribution is -0.146. The minimum absolute atomic E-state index is 0.106. The predicted molar refractivity (Wildman–Crippen MR) is 115 cm³/mol. The van der Waals surface area contributed by atoms with Gasteiger partial charge >= 0.3 is 5.97 Å². The summed E-state index contributed by atoms with van der Waals surface area (Å²) in [7, 11) is 0. The first-order valence-electron chi connectivity index (χ1n) is 9.66. The number of carbonyl (C=O) groups excluding carboxylic acids is 2. The van der Waals surface area contributed by atoms with Crippen LogP contribution in [0.5, 0.6) is 0 Å². The molecule has 7 heteroatoms. The van der Waals surface area contributed by atoms with Crippen molar-refractivity contribution >= 4 is 34.7 Å². The minimum Gasteiger partial charge on any atom is -0.455 e. The second kappa shape index (κ2) is 10.1. The van der Waals surface area contributed by atoms with E-state index in [4.69, 9.17) is 4.74 Å². The number of hydrogen-bond acceptors (Lipinski definition) is 5. The Hall–Kier alpha value is -2.80. The van der Waals surface area contributed by atoms with Gasteiger partial charge in [0.05, 0.1) is 22.8 Å². The van der Waals surface area contributed by atoms with Gasteiger partial charge in [0.25, 0.3) is 5.91 Å². The third kappa shape index (κ3) is 5.60. The summed E-state index contributed by atoms with van der Waals surface area (Å²) in [5.74, 6) is -0.653. The summed E-state index contributed by atoms with van der Waals surface area (Å²) in [4.78, 5) is 28.8. The van der Waals surface area contributed by atoms with Gasteiger partial charge in [0, 0.05) is 6.54 Å². The first kappa shape index (κ1) is 20.9. The molecule has 2 aromatic carbocycles. The predicted octanol–water partition coefficient (Wildman–Crippen LogP) is 3.96. The van der Waals surface area contributed by atoms with Crippen molar-refractivity contribution in [3.63, 3.8) is 0 Å². The number of ether oxygens (including phenoxy) is 1. The van der Waals surface area contributed by atoms with Crippen LogP contribution in [0.25, 0.3) is 11.0 Å². The molecule has 0 unspecified atom stereocenters. The molecule has 1 aromatic heterocycles. The molecular weight excluding hydrogens is 386 g/mol. The molecule has 1 atom stereocenters. The molecule has 6 nitrogen and oxygen atoms in total. The number of aryl methyl sites for hydroxylation is 1. The number of carbonyl (C=O) groups is 2. The van der Waals surface area contributed by atoms with Gasteiger partial charge in [0.1, 0.15) is 0 Å². The van der Waals surface area contributed by atoms with Crippen molar-refractivity contribution in [1.82, 2.24) is 14.9 Å². The monoisotopic (exact) mass is 411 g/mol. The SMILES string of the molecule is CCCn1c(SCC(=O)OCC(=O)N[C@@H](C)c2ccccc2)nc2ccccc21. The van der Waals surface area contributed by atoms with Crippen LogP contribution in [0.15, 0.2) is 59.8 Å². The summed E-state index contributed by atoms with van der Waals surface area (Å²) in [6.07, 6.45) is 0.970. The molecule has 1 N–H and O–H groups in total. The number of amides is 1. The highest BCUT2D eigenvalue weighted by atomic mass is 32.2. The standard InChI is InChI=1S/C22H25N3O3S/c1-3-13-25-19-12-8-7-11-18(19)24-22(25)29-15-21(27)28-14-20(26)23-16(2)17-9-5-4-6-10-17/h4-12,16H,3,13-15H2,1-2H3,(H,23,26)/t16-/m0/s1. The van der Waals surface area contributed by atoms with Crippen LogP contribution in [-0.2, 0) is 20.9 Å². The van der Waals surface area contributed by atoms with E-state index in [2.05, 4.69) is 21.8 Å². The van der Waals surface area contributed by atoms with E-state index in [-0.39, 0.29) is 24.3 Å². The van der Waals surface area contributed by atoms with Crippen LogP contribution in [0.4, 0.5) is 0 Å². The molecule has 1 heterocycles. The number of nitrogens with one attached hydrogen (secondary N) is 1. The highest BCUT2D eigenvalue weighted by Gasteiger charge is 2.15. The first-order chi connectivity index (χ1) is 14.1. The van der Waals surface area contributed by atoms with E-state index in [0.717, 1.165) is 34.7 Å². The van der Waals surface area contributed by atoms with E-state index in [1.807, 2.05) is 61.5 Å². The van der Waals surface area contributed by atoms with Gasteiger partial charge in [-0.3, -0.25) is 9.59 Å². The molecule has 3 aromatic rings. The smallest absolute Gasteiger partial charge is 0.316 e. The Balaban J connectivity index is 1.49. The lowest BCUT2D eigenvalue weighted by atomic mass is 10.1. The molecule has 3 rings (SSSR count). The van der Waals surface area contributed by atoms with Crippen molar-refractivity contribution in [1.29, 1.82) is 0 Å². The number of aromatic nitrogens is 2. The third-order valence-corrected chi connectivity index (χ3v) is 5.38. The zero-order valence-electron chi connectivity index (χ0n) is 16.6. The van der Waals surface area contributed by atoms with E-state index < -0.39 is 5.97 Å². The van der Waals surface area contributed by atoms with Crippen LogP contribution in [0.1, 0.15) is 31.9 Å². The molecule has 0 fully saturated rings. The number of esters is 1. The number of imidazole rings is 1. The summed E-state index contributed by atoms with van der Waals surface area (Å²) in [6.45, 7) is 4.54. The number of nitrogens with zero attached hydrogens (tertiary/aromatic N) is 2. The molecule has 152 valence electrons. The van der Waals surface area contributed by atoms with Gasteiger partial charge in [-0.25, -0.2) is 4.98 Å². The maximum atomic E-state index is 12.1. The molecule has 0 aliphatic carbocycles. The highest BCUT2D eigenvalue weighted by molar-refractivity contribution is 7.99. The van der Waals surface area contributed by atoms with E-state index in [9.17, 15) is 9.59 Å². The van der Waals surface area contributed by atoms with Gasteiger partial charge in [-0.2, -0.15) is 0 Å². The quantitative estimate of drug-likeness (QED) is 0.426. The van der Waals surface area contributed by atoms with Crippen LogP contribution in [-0.4, -0.2) is 33.8 Å². The topological polar surface area (TPSA) is 73.2 Å². The lowest BCUT2D eigenvalue weighted by Crippen LogP contribution is -2.31. The summed E-state index contributed by atoms with van der Waals surface area (Å²) in [5.41, 5.74) is 2.96. The Morgan fingerprint density at radius 1 is 1.14 bits per heavy atom. The molecule has 0 radical (unpaired) electrons. The van der Waals surface area contributed by atoms with Crippen molar-refractivity contribution in [2.45, 2.75) is 38.0 Å². The largest absolute Gasteiger partial charge is 0.455 e. The summed E-state index contributed by atoms with van der Waals surface area (Å²) in [5, 5.41) is 3.61. The Morgan fingerprint density at radius 3 is 2.62 bits per heavy atom. The maximum absolute atomic E-state index is 12.1. The van der Waals surface area contributed by atoms with Gasteiger partial charge in [-0.1, -0.05) is 61.2 Å². The average molecular weight is 412 g/mol. The number of benzene rings is 2. The van der Waals surface area contributed by atoms with E-state index in [1.54, 1.807) is 0 Å². The van der Waals surface area contributed by atoms with Crippen LogP contribution in [0.3, 0.4) is 0 Å². The molecular formula is C22H25N3O3S. The summed E-state index contributed by atoms with van der Waals surface area (Å²) >= 11 is 1.33. The van der Waals surface area contributed by atoms with Crippen LogP contribution in [0, 0.1) is 0 Å². The number of hydrogen-bond donors (Lipinski definition) is 1. The highest BCUT2D eigenvalue weighted by Crippen LogP contribution is 2.24. The maximum Gasteiger partial charge on any atom is 0.316 e. The molecule has 29 heavy (non-hydrogen) atoms. The van der Waals surface area contributed by atoms with Crippen molar-refractivity contribution in [3.8, 4) is 0 Å². The van der Waals surface area contributed by atoms with Crippen LogP contribution >= 0.6 is 11.8 Å². The first-order valence-corrected chi connectivity index (χ1v) is 10.6. The Morgan fingerprint density at radius 2 is 1.86 bits per heavy atom. The van der Waals surface area contributed by atoms with Gasteiger partial charge in [-0.05, 0) is 31.0 Å². The van der Waals surface area contributed by atoms with Gasteiger partial charge < -0.3 is 14.6 Å². The van der Waals surface area contributed by atoms with Crippen molar-refractivity contribution < 1.29 is 14.3 Å². The third-order valence-electron chi connectivity index (χ3n) is 4.43. The summed E-state index contributed by atoms with van der Waals surface area (Å²) < 4.78 is 7.24. The Kier molecular flexibility index (Phi) is 7.30. The number of rotatable bonds is 9. The van der Waals surface area contributed by atoms with E-state index >= 15 is 0 Å². The molecule has 1 amide bonds. The number of fused-ring (bicyclic) bond motifs is 1. The lowest BCUT2D eigenvalue weighted by Gasteiger charge is -2.14. The minimum atomic E-state index is -0.437. The van der Waals surface area contributed by atoms with E-state index in [1.165, 1.54) is 11.8 Å². The molecule has 0 spiro atoms. The van der Waals surface area contributed by atoms with Crippen molar-refractivity contribution in [2.24, 2.45) is 0 Å². The summed E-state index contributed by atoms with van der Waals surface area (Å²) in [6, 6.07) is 17.4.